The third-order valence-electron chi connectivity index (χ3n) is 6.76. The molecule has 33 heavy (non-hydrogen) atoms. The molecule has 2 heterocycles. The van der Waals surface area contributed by atoms with Crippen molar-refractivity contribution >= 4 is 23.4 Å². The Hall–Kier alpha value is -3.61. The lowest BCUT2D eigenvalue weighted by Gasteiger charge is -2.26. The molecule has 0 bridgehead atoms. The fraction of sp³-hybridized carbons (Fsp3) is 0.346. The summed E-state index contributed by atoms with van der Waals surface area (Å²) >= 11 is 0. The SMILES string of the molecule is Cc1cc(C2CN(C3CCCC3)c3ncnc(N)c32)ccc1NC(=O)OCc1ccccc1. The zero-order valence-electron chi connectivity index (χ0n) is 18.8. The van der Waals surface area contributed by atoms with Crippen LogP contribution in [-0.2, 0) is 11.3 Å². The van der Waals surface area contributed by atoms with Crippen LogP contribution in [0.1, 0.15) is 53.9 Å². The summed E-state index contributed by atoms with van der Waals surface area (Å²) in [6.45, 7) is 3.08. The van der Waals surface area contributed by atoms with Gasteiger partial charge in [0, 0.05) is 29.8 Å². The van der Waals surface area contributed by atoms with E-state index in [9.17, 15) is 4.79 Å². The number of aryl methyl sites for hydroxylation is 1. The number of anilines is 3. The third-order valence-corrected chi connectivity index (χ3v) is 6.76. The van der Waals surface area contributed by atoms with E-state index in [1.54, 1.807) is 6.33 Å². The van der Waals surface area contributed by atoms with E-state index in [0.29, 0.717) is 11.9 Å². The summed E-state index contributed by atoms with van der Waals surface area (Å²) in [5.41, 5.74) is 11.2. The molecule has 1 unspecified atom stereocenters. The molecule has 7 heteroatoms. The summed E-state index contributed by atoms with van der Waals surface area (Å²) in [5, 5.41) is 2.86. The first-order chi connectivity index (χ1) is 16.1. The molecule has 5 rings (SSSR count). The Morgan fingerprint density at radius 2 is 1.94 bits per heavy atom. The number of rotatable bonds is 5. The second kappa shape index (κ2) is 9.10. The molecule has 1 saturated carbocycles. The number of carbonyl (C=O) groups is 1. The number of amides is 1. The number of benzene rings is 2. The highest BCUT2D eigenvalue weighted by atomic mass is 16.5. The molecular weight excluding hydrogens is 414 g/mol. The van der Waals surface area contributed by atoms with E-state index >= 15 is 0 Å². The minimum atomic E-state index is -0.467. The van der Waals surface area contributed by atoms with Crippen molar-refractivity contribution in [3.8, 4) is 0 Å². The molecule has 7 nitrogen and oxygen atoms in total. The van der Waals surface area contributed by atoms with Gasteiger partial charge in [-0.2, -0.15) is 0 Å². The molecule has 1 amide bonds. The maximum atomic E-state index is 12.3. The van der Waals surface area contributed by atoms with E-state index in [0.717, 1.165) is 40.3 Å². The topological polar surface area (TPSA) is 93.4 Å². The number of hydrogen-bond donors (Lipinski definition) is 2. The molecule has 0 radical (unpaired) electrons. The summed E-state index contributed by atoms with van der Waals surface area (Å²) in [4.78, 5) is 23.6. The fourth-order valence-electron chi connectivity index (χ4n) is 5.06. The molecule has 3 aromatic rings. The minimum Gasteiger partial charge on any atom is -0.444 e. The van der Waals surface area contributed by atoms with Crippen molar-refractivity contribution in [2.24, 2.45) is 0 Å². The average Bonchev–Trinajstić information content (AvgIpc) is 3.48. The van der Waals surface area contributed by atoms with E-state index in [1.807, 2.05) is 43.3 Å². The highest BCUT2D eigenvalue weighted by molar-refractivity contribution is 5.85. The number of carbonyl (C=O) groups excluding carboxylic acids is 1. The second-order valence-corrected chi connectivity index (χ2v) is 8.90. The van der Waals surface area contributed by atoms with Crippen LogP contribution in [0.25, 0.3) is 0 Å². The van der Waals surface area contributed by atoms with Gasteiger partial charge in [0.15, 0.2) is 0 Å². The number of nitrogens with zero attached hydrogens (tertiary/aromatic N) is 3. The Morgan fingerprint density at radius 3 is 2.70 bits per heavy atom. The van der Waals surface area contributed by atoms with E-state index in [4.69, 9.17) is 10.5 Å². The third kappa shape index (κ3) is 4.35. The highest BCUT2D eigenvalue weighted by Crippen LogP contribution is 2.44. The molecule has 2 aliphatic rings. The summed E-state index contributed by atoms with van der Waals surface area (Å²) < 4.78 is 5.36. The van der Waals surface area contributed by atoms with Gasteiger partial charge in [0.25, 0.3) is 0 Å². The molecule has 0 saturated heterocycles. The molecule has 1 aliphatic carbocycles. The average molecular weight is 444 g/mol. The molecule has 1 aliphatic heterocycles. The van der Waals surface area contributed by atoms with Crippen molar-refractivity contribution in [3.05, 3.63) is 77.1 Å². The molecule has 3 N–H and O–H groups in total. The van der Waals surface area contributed by atoms with Gasteiger partial charge >= 0.3 is 6.09 Å². The first kappa shape index (κ1) is 21.2. The van der Waals surface area contributed by atoms with Crippen LogP contribution < -0.4 is 16.0 Å². The van der Waals surface area contributed by atoms with Gasteiger partial charge in [0.2, 0.25) is 0 Å². The number of nitrogen functional groups attached to an aromatic ring is 1. The van der Waals surface area contributed by atoms with E-state index in [2.05, 4.69) is 32.3 Å². The number of nitrogens with one attached hydrogen (secondary N) is 1. The smallest absolute Gasteiger partial charge is 0.411 e. The maximum absolute atomic E-state index is 12.3. The van der Waals surface area contributed by atoms with Gasteiger partial charge in [0.05, 0.1) is 0 Å². The minimum absolute atomic E-state index is 0.111. The molecule has 2 aromatic carbocycles. The highest BCUT2D eigenvalue weighted by Gasteiger charge is 2.37. The van der Waals surface area contributed by atoms with Crippen molar-refractivity contribution in [3.63, 3.8) is 0 Å². The molecule has 1 fully saturated rings. The van der Waals surface area contributed by atoms with E-state index in [1.165, 1.54) is 25.7 Å². The van der Waals surface area contributed by atoms with Crippen LogP contribution in [0.5, 0.6) is 0 Å². The standard InChI is InChI=1S/C26H29N5O2/c1-17-13-19(11-12-22(17)30-26(32)33-15-18-7-3-2-4-8-18)21-14-31(20-9-5-6-10-20)25-23(21)24(27)28-16-29-25/h2-4,7-8,11-13,16,20-21H,5-6,9-10,14-15H2,1H3,(H,30,32)(H2,27,28,29). The lowest BCUT2D eigenvalue weighted by Crippen LogP contribution is -2.32. The van der Waals surface area contributed by atoms with Crippen LogP contribution in [0.4, 0.5) is 22.1 Å². The molecule has 1 aromatic heterocycles. The van der Waals surface area contributed by atoms with Gasteiger partial charge in [-0.05, 0) is 42.5 Å². The number of fused-ring (bicyclic) bond motifs is 1. The van der Waals surface area contributed by atoms with Crippen LogP contribution in [-0.4, -0.2) is 28.6 Å². The van der Waals surface area contributed by atoms with Crippen molar-refractivity contribution in [1.29, 1.82) is 0 Å². The van der Waals surface area contributed by atoms with Gasteiger partial charge in [-0.1, -0.05) is 55.3 Å². The Balaban J connectivity index is 1.32. The first-order valence-corrected chi connectivity index (χ1v) is 11.6. The normalized spacial score (nSPS) is 17.7. The van der Waals surface area contributed by atoms with Crippen LogP contribution in [0.2, 0.25) is 0 Å². The maximum Gasteiger partial charge on any atom is 0.411 e. The number of nitrogens with two attached hydrogens (primary N) is 1. The Morgan fingerprint density at radius 1 is 1.15 bits per heavy atom. The van der Waals surface area contributed by atoms with Crippen LogP contribution in [0, 0.1) is 6.92 Å². The summed E-state index contributed by atoms with van der Waals surface area (Å²) in [6.07, 6.45) is 6.03. The largest absolute Gasteiger partial charge is 0.444 e. The Bertz CT molecular complexity index is 1140. The van der Waals surface area contributed by atoms with Gasteiger partial charge < -0.3 is 15.4 Å². The van der Waals surface area contributed by atoms with E-state index in [-0.39, 0.29) is 12.5 Å². The predicted octanol–water partition coefficient (Wildman–Crippen LogP) is 5.01. The Labute approximate surface area is 194 Å². The zero-order valence-corrected chi connectivity index (χ0v) is 18.8. The zero-order chi connectivity index (χ0) is 22.8. The van der Waals surface area contributed by atoms with Crippen LogP contribution >= 0.6 is 0 Å². The summed E-state index contributed by atoms with van der Waals surface area (Å²) in [7, 11) is 0. The predicted molar refractivity (Wildman–Crippen MR) is 129 cm³/mol. The quantitative estimate of drug-likeness (QED) is 0.576. The van der Waals surface area contributed by atoms with Crippen molar-refractivity contribution < 1.29 is 9.53 Å². The van der Waals surface area contributed by atoms with E-state index < -0.39 is 6.09 Å². The molecule has 170 valence electrons. The van der Waals surface area contributed by atoms with Gasteiger partial charge in [0.1, 0.15) is 24.6 Å². The van der Waals surface area contributed by atoms with Crippen molar-refractivity contribution in [2.45, 2.75) is 51.2 Å². The van der Waals surface area contributed by atoms with Crippen LogP contribution in [0.3, 0.4) is 0 Å². The lowest BCUT2D eigenvalue weighted by molar-refractivity contribution is 0.155. The molecule has 1 atom stereocenters. The number of aromatic nitrogens is 2. The van der Waals surface area contributed by atoms with Gasteiger partial charge in [-0.3, -0.25) is 5.32 Å². The van der Waals surface area contributed by atoms with Crippen LogP contribution in [0.15, 0.2) is 54.9 Å². The first-order valence-electron chi connectivity index (χ1n) is 11.6. The number of ether oxygens (including phenoxy) is 1. The summed E-state index contributed by atoms with van der Waals surface area (Å²) in [5.74, 6) is 1.64. The summed E-state index contributed by atoms with van der Waals surface area (Å²) in [6, 6.07) is 16.3. The lowest BCUT2D eigenvalue weighted by atomic mass is 9.92. The monoisotopic (exact) mass is 443 g/mol. The number of hydrogen-bond acceptors (Lipinski definition) is 6. The van der Waals surface area contributed by atoms with Crippen molar-refractivity contribution in [2.75, 3.05) is 22.5 Å². The van der Waals surface area contributed by atoms with Crippen molar-refractivity contribution in [1.82, 2.24) is 9.97 Å². The van der Waals surface area contributed by atoms with Gasteiger partial charge in [-0.25, -0.2) is 14.8 Å². The fourth-order valence-corrected chi connectivity index (χ4v) is 5.06. The molecular formula is C26H29N5O2. The van der Waals surface area contributed by atoms with Gasteiger partial charge in [-0.15, -0.1) is 0 Å². The Kier molecular flexibility index (Phi) is 5.86. The second-order valence-electron chi connectivity index (χ2n) is 8.90. The molecule has 0 spiro atoms.